The molecular formula is C11H14N4O. The van der Waals surface area contributed by atoms with Crippen LogP contribution in [0.2, 0.25) is 0 Å². The molecule has 5 heteroatoms. The van der Waals surface area contributed by atoms with Gasteiger partial charge in [0.05, 0.1) is 0 Å². The van der Waals surface area contributed by atoms with Crippen LogP contribution in [0.4, 0.5) is 5.82 Å². The van der Waals surface area contributed by atoms with Gasteiger partial charge >= 0.3 is 0 Å². The average Bonchev–Trinajstić information content (AvgIpc) is 2.80. The van der Waals surface area contributed by atoms with Gasteiger partial charge in [-0.2, -0.15) is 9.61 Å². The third kappa shape index (κ3) is 1.74. The molecule has 16 heavy (non-hydrogen) atoms. The van der Waals surface area contributed by atoms with E-state index >= 15 is 0 Å². The van der Waals surface area contributed by atoms with E-state index in [1.165, 1.54) is 0 Å². The standard InChI is InChI=1S/C11H14N4O/c1-2-10-12-8-13-15(10)11(3-1)14-9-4-6-16-7-5-9/h1-3,8-9,14H,4-7H2. The van der Waals surface area contributed by atoms with Crippen LogP contribution in [-0.2, 0) is 4.74 Å². The molecule has 3 rings (SSSR count). The fourth-order valence-electron chi connectivity index (χ4n) is 2.01. The molecule has 1 N–H and O–H groups in total. The van der Waals surface area contributed by atoms with Crippen molar-refractivity contribution in [3.8, 4) is 0 Å². The first-order chi connectivity index (χ1) is 7.93. The van der Waals surface area contributed by atoms with Crippen LogP contribution in [0.1, 0.15) is 12.8 Å². The molecule has 0 bridgehead atoms. The lowest BCUT2D eigenvalue weighted by molar-refractivity contribution is 0.0903. The minimum absolute atomic E-state index is 0.476. The van der Waals surface area contributed by atoms with E-state index in [0.717, 1.165) is 37.5 Å². The largest absolute Gasteiger partial charge is 0.381 e. The molecule has 0 aromatic carbocycles. The van der Waals surface area contributed by atoms with Gasteiger partial charge in [0, 0.05) is 19.3 Å². The molecule has 1 aliphatic rings. The molecule has 2 aromatic rings. The van der Waals surface area contributed by atoms with Crippen molar-refractivity contribution in [3.63, 3.8) is 0 Å². The predicted octanol–water partition coefficient (Wildman–Crippen LogP) is 1.32. The van der Waals surface area contributed by atoms with E-state index in [2.05, 4.69) is 15.4 Å². The molecule has 1 saturated heterocycles. The van der Waals surface area contributed by atoms with E-state index in [1.54, 1.807) is 6.33 Å². The number of anilines is 1. The summed E-state index contributed by atoms with van der Waals surface area (Å²) in [6, 6.07) is 6.44. The van der Waals surface area contributed by atoms with Crippen LogP contribution in [0.5, 0.6) is 0 Å². The van der Waals surface area contributed by atoms with E-state index in [0.29, 0.717) is 6.04 Å². The highest BCUT2D eigenvalue weighted by Crippen LogP contribution is 2.15. The second kappa shape index (κ2) is 4.09. The molecule has 0 unspecified atom stereocenters. The summed E-state index contributed by atoms with van der Waals surface area (Å²) < 4.78 is 7.16. The Bertz CT molecular complexity index is 476. The normalized spacial score (nSPS) is 17.8. The number of fused-ring (bicyclic) bond motifs is 1. The molecule has 2 aromatic heterocycles. The summed E-state index contributed by atoms with van der Waals surface area (Å²) in [6.45, 7) is 1.68. The zero-order valence-corrected chi connectivity index (χ0v) is 8.97. The Labute approximate surface area is 93.4 Å². The summed E-state index contributed by atoms with van der Waals surface area (Å²) in [6.07, 6.45) is 3.67. The van der Waals surface area contributed by atoms with Crippen LogP contribution in [0, 0.1) is 0 Å². The maximum atomic E-state index is 5.34. The number of nitrogens with zero attached hydrogens (tertiary/aromatic N) is 3. The van der Waals surface area contributed by atoms with Crippen LogP contribution in [0.3, 0.4) is 0 Å². The Morgan fingerprint density at radius 3 is 3.06 bits per heavy atom. The maximum Gasteiger partial charge on any atom is 0.157 e. The zero-order chi connectivity index (χ0) is 10.8. The molecule has 0 amide bonds. The van der Waals surface area contributed by atoms with Crippen LogP contribution in [0.25, 0.3) is 5.65 Å². The number of hydrogen-bond donors (Lipinski definition) is 1. The SMILES string of the molecule is c1cc(NC2CCOCC2)n2ncnc2c1. The molecule has 0 atom stereocenters. The number of ether oxygens (including phenoxy) is 1. The lowest BCUT2D eigenvalue weighted by Crippen LogP contribution is -2.28. The van der Waals surface area contributed by atoms with E-state index in [9.17, 15) is 0 Å². The van der Waals surface area contributed by atoms with Gasteiger partial charge in [-0.3, -0.25) is 0 Å². The quantitative estimate of drug-likeness (QED) is 0.826. The van der Waals surface area contributed by atoms with E-state index in [1.807, 2.05) is 22.7 Å². The number of rotatable bonds is 2. The van der Waals surface area contributed by atoms with Crippen LogP contribution < -0.4 is 5.32 Å². The molecule has 1 fully saturated rings. The van der Waals surface area contributed by atoms with Gasteiger partial charge < -0.3 is 10.1 Å². The molecule has 84 valence electrons. The second-order valence-electron chi connectivity index (χ2n) is 3.97. The number of hydrogen-bond acceptors (Lipinski definition) is 4. The zero-order valence-electron chi connectivity index (χ0n) is 8.97. The smallest absolute Gasteiger partial charge is 0.157 e. The first kappa shape index (κ1) is 9.59. The first-order valence-corrected chi connectivity index (χ1v) is 5.56. The molecule has 3 heterocycles. The van der Waals surface area contributed by atoms with Crippen LogP contribution in [0.15, 0.2) is 24.5 Å². The monoisotopic (exact) mass is 218 g/mol. The predicted molar refractivity (Wildman–Crippen MR) is 60.5 cm³/mol. The second-order valence-corrected chi connectivity index (χ2v) is 3.97. The van der Waals surface area contributed by atoms with E-state index in [-0.39, 0.29) is 0 Å². The average molecular weight is 218 g/mol. The van der Waals surface area contributed by atoms with Gasteiger partial charge in [0.25, 0.3) is 0 Å². The molecule has 0 radical (unpaired) electrons. The van der Waals surface area contributed by atoms with Gasteiger partial charge in [-0.05, 0) is 25.0 Å². The summed E-state index contributed by atoms with van der Waals surface area (Å²) in [5.41, 5.74) is 0.872. The Balaban J connectivity index is 1.85. The molecular weight excluding hydrogens is 204 g/mol. The first-order valence-electron chi connectivity index (χ1n) is 5.56. The highest BCUT2D eigenvalue weighted by Gasteiger charge is 2.14. The Morgan fingerprint density at radius 1 is 1.31 bits per heavy atom. The summed E-state index contributed by atoms with van der Waals surface area (Å²) in [5, 5.41) is 7.69. The molecule has 0 spiro atoms. The fourth-order valence-corrected chi connectivity index (χ4v) is 2.01. The highest BCUT2D eigenvalue weighted by molar-refractivity contribution is 5.48. The summed E-state index contributed by atoms with van der Waals surface area (Å²) in [4.78, 5) is 4.16. The maximum absolute atomic E-state index is 5.34. The number of nitrogens with one attached hydrogen (secondary N) is 1. The van der Waals surface area contributed by atoms with Crippen LogP contribution in [-0.4, -0.2) is 33.9 Å². The summed E-state index contributed by atoms with van der Waals surface area (Å²) in [5.74, 6) is 1.00. The lowest BCUT2D eigenvalue weighted by Gasteiger charge is -2.24. The fraction of sp³-hybridized carbons (Fsp3) is 0.455. The summed E-state index contributed by atoms with van der Waals surface area (Å²) in [7, 11) is 0. The minimum Gasteiger partial charge on any atom is -0.381 e. The van der Waals surface area contributed by atoms with E-state index in [4.69, 9.17) is 4.74 Å². The van der Waals surface area contributed by atoms with Crippen molar-refractivity contribution in [2.24, 2.45) is 0 Å². The Kier molecular flexibility index (Phi) is 2.46. The van der Waals surface area contributed by atoms with Gasteiger partial charge in [0.2, 0.25) is 0 Å². The lowest BCUT2D eigenvalue weighted by atomic mass is 10.1. The number of pyridine rings is 1. The highest BCUT2D eigenvalue weighted by atomic mass is 16.5. The molecule has 1 aliphatic heterocycles. The van der Waals surface area contributed by atoms with Crippen LogP contribution >= 0.6 is 0 Å². The number of aromatic nitrogens is 3. The van der Waals surface area contributed by atoms with Crippen molar-refractivity contribution in [1.82, 2.24) is 14.6 Å². The Hall–Kier alpha value is -1.62. The van der Waals surface area contributed by atoms with Gasteiger partial charge in [0.15, 0.2) is 5.65 Å². The van der Waals surface area contributed by atoms with Gasteiger partial charge in [0.1, 0.15) is 12.1 Å². The van der Waals surface area contributed by atoms with Gasteiger partial charge in [-0.25, -0.2) is 4.98 Å². The van der Waals surface area contributed by atoms with Crippen molar-refractivity contribution in [2.45, 2.75) is 18.9 Å². The van der Waals surface area contributed by atoms with Crippen molar-refractivity contribution in [2.75, 3.05) is 18.5 Å². The third-order valence-corrected chi connectivity index (χ3v) is 2.88. The Morgan fingerprint density at radius 2 is 2.19 bits per heavy atom. The van der Waals surface area contributed by atoms with Crippen molar-refractivity contribution in [1.29, 1.82) is 0 Å². The topological polar surface area (TPSA) is 51.5 Å². The summed E-state index contributed by atoms with van der Waals surface area (Å²) >= 11 is 0. The van der Waals surface area contributed by atoms with Gasteiger partial charge in [-0.1, -0.05) is 6.07 Å². The van der Waals surface area contributed by atoms with E-state index < -0.39 is 0 Å². The third-order valence-electron chi connectivity index (χ3n) is 2.88. The molecule has 0 saturated carbocycles. The molecule has 0 aliphatic carbocycles. The molecule has 5 nitrogen and oxygen atoms in total. The van der Waals surface area contributed by atoms with Gasteiger partial charge in [-0.15, -0.1) is 0 Å². The van der Waals surface area contributed by atoms with Crippen molar-refractivity contribution >= 4 is 11.5 Å². The minimum atomic E-state index is 0.476. The van der Waals surface area contributed by atoms with Crippen molar-refractivity contribution < 1.29 is 4.74 Å². The van der Waals surface area contributed by atoms with Crippen molar-refractivity contribution in [3.05, 3.63) is 24.5 Å².